The van der Waals surface area contributed by atoms with Gasteiger partial charge in [0.05, 0.1) is 0 Å². The van der Waals surface area contributed by atoms with Gasteiger partial charge in [-0.3, -0.25) is 0 Å². The summed E-state index contributed by atoms with van der Waals surface area (Å²) in [7, 11) is 0. The number of urea groups is 1. The Labute approximate surface area is 78.9 Å². The van der Waals surface area contributed by atoms with Gasteiger partial charge in [0.2, 0.25) is 0 Å². The van der Waals surface area contributed by atoms with E-state index < -0.39 is 0 Å². The summed E-state index contributed by atoms with van der Waals surface area (Å²) in [5.41, 5.74) is 0. The van der Waals surface area contributed by atoms with E-state index in [4.69, 9.17) is 11.6 Å². The summed E-state index contributed by atoms with van der Waals surface area (Å²) in [5.74, 6) is 1.08. The normalized spacial score (nSPS) is 10.0. The molecule has 0 radical (unpaired) electrons. The van der Waals surface area contributed by atoms with Crippen molar-refractivity contribution >= 4 is 17.6 Å². The third kappa shape index (κ3) is 7.66. The molecule has 0 aliphatic rings. The van der Waals surface area contributed by atoms with Gasteiger partial charge in [-0.15, -0.1) is 11.6 Å². The van der Waals surface area contributed by atoms with E-state index in [2.05, 4.69) is 24.5 Å². The molecule has 0 aromatic heterocycles. The van der Waals surface area contributed by atoms with Gasteiger partial charge in [-0.1, -0.05) is 13.8 Å². The number of alkyl halides is 1. The standard InChI is InChI=1S/C8H17ClN2O/c1-7(2)6-11-8(12)10-5-3-4-9/h7H,3-6H2,1-2H3,(H2,10,11,12). The molecule has 72 valence electrons. The van der Waals surface area contributed by atoms with Gasteiger partial charge in [0.1, 0.15) is 0 Å². The molecule has 0 fully saturated rings. The van der Waals surface area contributed by atoms with Gasteiger partial charge < -0.3 is 10.6 Å². The number of hydrogen-bond acceptors (Lipinski definition) is 1. The van der Waals surface area contributed by atoms with Gasteiger partial charge in [0.15, 0.2) is 0 Å². The van der Waals surface area contributed by atoms with E-state index in [9.17, 15) is 4.79 Å². The Balaban J connectivity index is 3.22. The Morgan fingerprint density at radius 2 is 2.08 bits per heavy atom. The monoisotopic (exact) mass is 192 g/mol. The van der Waals surface area contributed by atoms with E-state index in [0.717, 1.165) is 6.42 Å². The molecule has 4 heteroatoms. The predicted molar refractivity (Wildman–Crippen MR) is 51.6 cm³/mol. The number of carbonyl (C=O) groups excluding carboxylic acids is 1. The fraction of sp³-hybridized carbons (Fsp3) is 0.875. The Morgan fingerprint density at radius 1 is 1.42 bits per heavy atom. The molecule has 12 heavy (non-hydrogen) atoms. The van der Waals surface area contributed by atoms with Crippen LogP contribution in [0.1, 0.15) is 20.3 Å². The molecular weight excluding hydrogens is 176 g/mol. The number of hydrogen-bond donors (Lipinski definition) is 2. The molecule has 0 rings (SSSR count). The van der Waals surface area contributed by atoms with E-state index in [1.807, 2.05) is 0 Å². The average Bonchev–Trinajstić information content (AvgIpc) is 2.01. The lowest BCUT2D eigenvalue weighted by molar-refractivity contribution is 0.239. The molecular formula is C8H17ClN2O. The van der Waals surface area contributed by atoms with Crippen LogP contribution in [0.5, 0.6) is 0 Å². The highest BCUT2D eigenvalue weighted by Gasteiger charge is 1.99. The van der Waals surface area contributed by atoms with Crippen molar-refractivity contribution in [3.05, 3.63) is 0 Å². The lowest BCUT2D eigenvalue weighted by atomic mass is 10.2. The van der Waals surface area contributed by atoms with Crippen LogP contribution >= 0.6 is 11.6 Å². The highest BCUT2D eigenvalue weighted by atomic mass is 35.5. The fourth-order valence-corrected chi connectivity index (χ4v) is 0.762. The van der Waals surface area contributed by atoms with Gasteiger partial charge in [0, 0.05) is 19.0 Å². The smallest absolute Gasteiger partial charge is 0.314 e. The second kappa shape index (κ2) is 7.22. The zero-order chi connectivity index (χ0) is 9.40. The zero-order valence-electron chi connectivity index (χ0n) is 7.69. The summed E-state index contributed by atoms with van der Waals surface area (Å²) < 4.78 is 0. The highest BCUT2D eigenvalue weighted by Crippen LogP contribution is 1.86. The lowest BCUT2D eigenvalue weighted by Crippen LogP contribution is -2.37. The van der Waals surface area contributed by atoms with Crippen molar-refractivity contribution in [2.45, 2.75) is 20.3 Å². The summed E-state index contributed by atoms with van der Waals surface area (Å²) in [4.78, 5) is 11.0. The summed E-state index contributed by atoms with van der Waals surface area (Å²) >= 11 is 5.44. The van der Waals surface area contributed by atoms with Crippen molar-refractivity contribution in [2.75, 3.05) is 19.0 Å². The van der Waals surface area contributed by atoms with Crippen LogP contribution in [0, 0.1) is 5.92 Å². The Hall–Kier alpha value is -0.440. The van der Waals surface area contributed by atoms with Crippen molar-refractivity contribution in [2.24, 2.45) is 5.92 Å². The molecule has 0 spiro atoms. The zero-order valence-corrected chi connectivity index (χ0v) is 8.45. The van der Waals surface area contributed by atoms with Crippen LogP contribution in [0.4, 0.5) is 4.79 Å². The minimum Gasteiger partial charge on any atom is -0.338 e. The van der Waals surface area contributed by atoms with Crippen LogP contribution in [-0.2, 0) is 0 Å². The minimum absolute atomic E-state index is 0.103. The molecule has 0 saturated carbocycles. The minimum atomic E-state index is -0.103. The third-order valence-electron chi connectivity index (χ3n) is 1.27. The molecule has 0 aliphatic carbocycles. The number of carbonyl (C=O) groups is 1. The predicted octanol–water partition coefficient (Wildman–Crippen LogP) is 1.57. The van der Waals surface area contributed by atoms with Gasteiger partial charge in [-0.25, -0.2) is 4.79 Å². The van der Waals surface area contributed by atoms with E-state index in [1.165, 1.54) is 0 Å². The Bertz CT molecular complexity index is 128. The van der Waals surface area contributed by atoms with E-state index in [0.29, 0.717) is 24.9 Å². The van der Waals surface area contributed by atoms with Crippen LogP contribution in [0.2, 0.25) is 0 Å². The van der Waals surface area contributed by atoms with Crippen LogP contribution in [0.3, 0.4) is 0 Å². The highest BCUT2D eigenvalue weighted by molar-refractivity contribution is 6.17. The number of halogens is 1. The first-order valence-corrected chi connectivity index (χ1v) is 4.78. The quantitative estimate of drug-likeness (QED) is 0.504. The van der Waals surface area contributed by atoms with E-state index >= 15 is 0 Å². The van der Waals surface area contributed by atoms with Crippen LogP contribution in [0.15, 0.2) is 0 Å². The first-order chi connectivity index (χ1) is 5.66. The summed E-state index contributed by atoms with van der Waals surface area (Å²) in [6.07, 6.45) is 0.816. The molecule has 0 aromatic rings. The van der Waals surface area contributed by atoms with Crippen molar-refractivity contribution in [3.63, 3.8) is 0 Å². The Kier molecular flexibility index (Phi) is 6.96. The van der Waals surface area contributed by atoms with Crippen molar-refractivity contribution in [1.29, 1.82) is 0 Å². The van der Waals surface area contributed by atoms with Gasteiger partial charge in [-0.2, -0.15) is 0 Å². The van der Waals surface area contributed by atoms with Gasteiger partial charge in [-0.05, 0) is 12.3 Å². The average molecular weight is 193 g/mol. The lowest BCUT2D eigenvalue weighted by Gasteiger charge is -2.08. The maximum absolute atomic E-state index is 11.0. The SMILES string of the molecule is CC(C)CNC(=O)NCCCCl. The molecule has 0 aliphatic heterocycles. The number of amides is 2. The topological polar surface area (TPSA) is 41.1 Å². The third-order valence-corrected chi connectivity index (χ3v) is 1.53. The maximum Gasteiger partial charge on any atom is 0.314 e. The van der Waals surface area contributed by atoms with Crippen molar-refractivity contribution < 1.29 is 4.79 Å². The molecule has 3 nitrogen and oxygen atoms in total. The van der Waals surface area contributed by atoms with E-state index in [-0.39, 0.29) is 6.03 Å². The Morgan fingerprint density at radius 3 is 2.58 bits per heavy atom. The molecule has 0 atom stereocenters. The number of nitrogens with one attached hydrogen (secondary N) is 2. The fourth-order valence-electron chi connectivity index (χ4n) is 0.628. The molecule has 2 N–H and O–H groups in total. The van der Waals surface area contributed by atoms with Crippen LogP contribution < -0.4 is 10.6 Å². The van der Waals surface area contributed by atoms with Crippen molar-refractivity contribution in [3.8, 4) is 0 Å². The summed E-state index contributed by atoms with van der Waals surface area (Å²) in [5, 5.41) is 5.45. The summed E-state index contributed by atoms with van der Waals surface area (Å²) in [6.45, 7) is 5.47. The van der Waals surface area contributed by atoms with Gasteiger partial charge >= 0.3 is 6.03 Å². The maximum atomic E-state index is 11.0. The first-order valence-electron chi connectivity index (χ1n) is 4.24. The molecule has 0 heterocycles. The molecule has 0 saturated heterocycles. The molecule has 0 unspecified atom stereocenters. The van der Waals surface area contributed by atoms with E-state index in [1.54, 1.807) is 0 Å². The molecule has 2 amide bonds. The van der Waals surface area contributed by atoms with Crippen molar-refractivity contribution in [1.82, 2.24) is 10.6 Å². The number of rotatable bonds is 5. The van der Waals surface area contributed by atoms with Crippen LogP contribution in [0.25, 0.3) is 0 Å². The summed E-state index contributed by atoms with van der Waals surface area (Å²) in [6, 6.07) is -0.103. The van der Waals surface area contributed by atoms with Crippen LogP contribution in [-0.4, -0.2) is 25.0 Å². The van der Waals surface area contributed by atoms with Gasteiger partial charge in [0.25, 0.3) is 0 Å². The second-order valence-corrected chi connectivity index (χ2v) is 3.45. The molecule has 0 aromatic carbocycles. The molecule has 0 bridgehead atoms. The second-order valence-electron chi connectivity index (χ2n) is 3.07. The first kappa shape index (κ1) is 11.6. The largest absolute Gasteiger partial charge is 0.338 e.